The second-order valence-corrected chi connectivity index (χ2v) is 5.79. The van der Waals surface area contributed by atoms with Crippen molar-refractivity contribution in [3.8, 4) is 0 Å². The topological polar surface area (TPSA) is 52.7 Å². The van der Waals surface area contributed by atoms with Gasteiger partial charge in [-0.05, 0) is 25.0 Å². The van der Waals surface area contributed by atoms with Gasteiger partial charge in [0.05, 0.1) is 12.1 Å². The average Bonchev–Trinajstić information content (AvgIpc) is 2.55. The maximum atomic E-state index is 13.8. The lowest BCUT2D eigenvalue weighted by Gasteiger charge is -2.41. The molecule has 0 spiro atoms. The van der Waals surface area contributed by atoms with E-state index < -0.39 is 5.82 Å². The summed E-state index contributed by atoms with van der Waals surface area (Å²) in [5.74, 6) is -0.699. The number of piperidine rings is 1. The molecular formula is C16H20FN3O2. The van der Waals surface area contributed by atoms with Crippen molar-refractivity contribution >= 4 is 11.8 Å². The maximum Gasteiger partial charge on any atom is 0.256 e. The van der Waals surface area contributed by atoms with Gasteiger partial charge in [-0.2, -0.15) is 0 Å². The van der Waals surface area contributed by atoms with Crippen LogP contribution in [0.3, 0.4) is 0 Å². The molecule has 1 N–H and O–H groups in total. The largest absolute Gasteiger partial charge is 0.336 e. The zero-order valence-corrected chi connectivity index (χ0v) is 12.4. The van der Waals surface area contributed by atoms with E-state index in [-0.39, 0.29) is 23.4 Å². The maximum absolute atomic E-state index is 13.8. The number of amides is 2. The summed E-state index contributed by atoms with van der Waals surface area (Å²) in [6.07, 6.45) is 1.73. The molecule has 2 aliphatic heterocycles. The van der Waals surface area contributed by atoms with Gasteiger partial charge in [-0.1, -0.05) is 12.1 Å². The predicted octanol–water partition coefficient (Wildman–Crippen LogP) is 0.862. The summed E-state index contributed by atoms with van der Waals surface area (Å²) in [6, 6.07) is 6.09. The minimum Gasteiger partial charge on any atom is -0.336 e. The van der Waals surface area contributed by atoms with Crippen molar-refractivity contribution in [1.82, 2.24) is 15.1 Å². The lowest BCUT2D eigenvalue weighted by Crippen LogP contribution is -2.57. The van der Waals surface area contributed by atoms with Gasteiger partial charge in [0, 0.05) is 32.2 Å². The van der Waals surface area contributed by atoms with Crippen LogP contribution in [-0.2, 0) is 4.79 Å². The first-order valence-electron chi connectivity index (χ1n) is 7.71. The van der Waals surface area contributed by atoms with Gasteiger partial charge in [-0.15, -0.1) is 0 Å². The molecule has 2 amide bonds. The Balaban J connectivity index is 1.71. The Morgan fingerprint density at radius 3 is 2.86 bits per heavy atom. The predicted molar refractivity (Wildman–Crippen MR) is 79.9 cm³/mol. The molecule has 2 heterocycles. The van der Waals surface area contributed by atoms with E-state index in [4.69, 9.17) is 0 Å². The minimum atomic E-state index is -0.493. The van der Waals surface area contributed by atoms with Crippen molar-refractivity contribution in [2.75, 3.05) is 32.7 Å². The molecule has 118 valence electrons. The van der Waals surface area contributed by atoms with E-state index in [1.807, 2.05) is 4.90 Å². The summed E-state index contributed by atoms with van der Waals surface area (Å²) in [5, 5.41) is 3.05. The third-order valence-corrected chi connectivity index (χ3v) is 4.35. The number of benzene rings is 1. The van der Waals surface area contributed by atoms with Gasteiger partial charge in [-0.3, -0.25) is 9.59 Å². The van der Waals surface area contributed by atoms with Gasteiger partial charge in [-0.25, -0.2) is 4.39 Å². The van der Waals surface area contributed by atoms with Gasteiger partial charge < -0.3 is 15.1 Å². The van der Waals surface area contributed by atoms with Crippen LogP contribution in [0.1, 0.15) is 23.2 Å². The highest BCUT2D eigenvalue weighted by Gasteiger charge is 2.32. The second-order valence-electron chi connectivity index (χ2n) is 5.79. The van der Waals surface area contributed by atoms with E-state index in [9.17, 15) is 14.0 Å². The molecule has 1 aromatic carbocycles. The Kier molecular flexibility index (Phi) is 4.38. The van der Waals surface area contributed by atoms with Crippen LogP contribution in [0.15, 0.2) is 24.3 Å². The minimum absolute atomic E-state index is 0.0408. The van der Waals surface area contributed by atoms with Gasteiger partial charge in [0.25, 0.3) is 5.91 Å². The molecule has 0 aromatic heterocycles. The van der Waals surface area contributed by atoms with Gasteiger partial charge in [0.15, 0.2) is 0 Å². The van der Waals surface area contributed by atoms with Crippen LogP contribution in [0.25, 0.3) is 0 Å². The summed E-state index contributed by atoms with van der Waals surface area (Å²) >= 11 is 0. The van der Waals surface area contributed by atoms with Crippen LogP contribution in [0, 0.1) is 5.82 Å². The molecule has 0 saturated carbocycles. The summed E-state index contributed by atoms with van der Waals surface area (Å²) < 4.78 is 13.8. The Labute approximate surface area is 129 Å². The normalized spacial score (nSPS) is 22.8. The van der Waals surface area contributed by atoms with Gasteiger partial charge in [0.2, 0.25) is 5.91 Å². The highest BCUT2D eigenvalue weighted by atomic mass is 19.1. The third kappa shape index (κ3) is 2.97. The Morgan fingerprint density at radius 1 is 1.27 bits per heavy atom. The first-order valence-corrected chi connectivity index (χ1v) is 7.71. The number of carbonyl (C=O) groups is 2. The molecule has 2 fully saturated rings. The molecule has 0 bridgehead atoms. The summed E-state index contributed by atoms with van der Waals surface area (Å²) in [6.45, 7) is 2.91. The Morgan fingerprint density at radius 2 is 2.09 bits per heavy atom. The number of halogens is 1. The summed E-state index contributed by atoms with van der Waals surface area (Å²) in [7, 11) is 0. The second kappa shape index (κ2) is 6.44. The molecule has 2 saturated heterocycles. The Hall–Kier alpha value is -1.95. The Bertz CT molecular complexity index is 578. The number of hydrogen-bond donors (Lipinski definition) is 1. The third-order valence-electron chi connectivity index (χ3n) is 4.35. The highest BCUT2D eigenvalue weighted by Crippen LogP contribution is 2.20. The number of piperazine rings is 1. The zero-order valence-electron chi connectivity index (χ0n) is 12.4. The molecule has 5 nitrogen and oxygen atoms in total. The van der Waals surface area contributed by atoms with Crippen molar-refractivity contribution < 1.29 is 14.0 Å². The summed E-state index contributed by atoms with van der Waals surface area (Å²) in [4.78, 5) is 28.0. The highest BCUT2D eigenvalue weighted by molar-refractivity contribution is 5.94. The van der Waals surface area contributed by atoms with Crippen LogP contribution >= 0.6 is 0 Å². The zero-order chi connectivity index (χ0) is 15.5. The fourth-order valence-corrected chi connectivity index (χ4v) is 3.21. The van der Waals surface area contributed by atoms with Crippen LogP contribution in [-0.4, -0.2) is 60.4 Å². The monoisotopic (exact) mass is 305 g/mol. The molecule has 2 aliphatic rings. The van der Waals surface area contributed by atoms with Crippen LogP contribution in [0.4, 0.5) is 4.39 Å². The lowest BCUT2D eigenvalue weighted by molar-refractivity contribution is -0.135. The van der Waals surface area contributed by atoms with E-state index in [0.29, 0.717) is 26.2 Å². The number of nitrogens with zero attached hydrogens (tertiary/aromatic N) is 2. The number of carbonyl (C=O) groups excluding carboxylic acids is 2. The molecule has 22 heavy (non-hydrogen) atoms. The van der Waals surface area contributed by atoms with E-state index in [2.05, 4.69) is 5.32 Å². The fourth-order valence-electron chi connectivity index (χ4n) is 3.21. The lowest BCUT2D eigenvalue weighted by atomic mass is 10.0. The SMILES string of the molecule is O=C(c1ccccc1F)N1CCCC(N2CCNCC2=O)C1. The summed E-state index contributed by atoms with van der Waals surface area (Å²) in [5.41, 5.74) is 0.106. The molecule has 0 aliphatic carbocycles. The van der Waals surface area contributed by atoms with Crippen LogP contribution in [0.5, 0.6) is 0 Å². The molecule has 6 heteroatoms. The first kappa shape index (κ1) is 15.0. The molecular weight excluding hydrogens is 285 g/mol. The van der Waals surface area contributed by atoms with E-state index in [1.54, 1.807) is 17.0 Å². The van der Waals surface area contributed by atoms with Crippen molar-refractivity contribution in [1.29, 1.82) is 0 Å². The van der Waals surface area contributed by atoms with Gasteiger partial charge >= 0.3 is 0 Å². The van der Waals surface area contributed by atoms with Crippen molar-refractivity contribution in [2.45, 2.75) is 18.9 Å². The van der Waals surface area contributed by atoms with Crippen molar-refractivity contribution in [3.63, 3.8) is 0 Å². The van der Waals surface area contributed by atoms with E-state index >= 15 is 0 Å². The van der Waals surface area contributed by atoms with E-state index in [0.717, 1.165) is 19.4 Å². The van der Waals surface area contributed by atoms with Crippen LogP contribution < -0.4 is 5.32 Å². The fraction of sp³-hybridized carbons (Fsp3) is 0.500. The number of hydrogen-bond acceptors (Lipinski definition) is 3. The molecule has 1 atom stereocenters. The van der Waals surface area contributed by atoms with Gasteiger partial charge in [0.1, 0.15) is 5.82 Å². The number of likely N-dealkylation sites (tertiary alicyclic amines) is 1. The van der Waals surface area contributed by atoms with E-state index in [1.165, 1.54) is 12.1 Å². The van der Waals surface area contributed by atoms with Crippen molar-refractivity contribution in [2.24, 2.45) is 0 Å². The smallest absolute Gasteiger partial charge is 0.256 e. The quantitative estimate of drug-likeness (QED) is 0.882. The molecule has 3 rings (SSSR count). The molecule has 1 unspecified atom stereocenters. The first-order chi connectivity index (χ1) is 10.7. The molecule has 0 radical (unpaired) electrons. The standard InChI is InChI=1S/C16H20FN3O2/c17-14-6-2-1-5-13(14)16(22)19-8-3-4-12(11-19)20-9-7-18-10-15(20)21/h1-2,5-6,12,18H,3-4,7-11H2. The number of rotatable bonds is 2. The molecule has 1 aromatic rings. The van der Waals surface area contributed by atoms with Crippen LogP contribution in [0.2, 0.25) is 0 Å². The number of nitrogens with one attached hydrogen (secondary N) is 1. The van der Waals surface area contributed by atoms with Crippen molar-refractivity contribution in [3.05, 3.63) is 35.6 Å². The average molecular weight is 305 g/mol.